The highest BCUT2D eigenvalue weighted by atomic mass is 35.5. The Labute approximate surface area is 173 Å². The third-order valence-corrected chi connectivity index (χ3v) is 4.97. The Morgan fingerprint density at radius 2 is 2.11 bits per heavy atom. The van der Waals surface area contributed by atoms with Crippen molar-refractivity contribution >= 4 is 29.5 Å². The number of hydrogen-bond acceptors (Lipinski definition) is 3. The molecule has 0 atom stereocenters. The van der Waals surface area contributed by atoms with Gasteiger partial charge in [-0.3, -0.25) is 9.79 Å². The number of amides is 1. The standard InChI is InChI=1S/C21H24ClN3O.C2H6/c1-3-5-6-20-16(4-2)14-23-15-25(20)18-7-8-19-17(13-18)9-11-24(12-10-22)21(19)26;1-2/h3-5,7-8,13,15H,2,6,9-12,14H2,1H3;1-2H3/b5-3-;. The van der Waals surface area contributed by atoms with Crippen LogP contribution in [-0.4, -0.2) is 42.7 Å². The highest BCUT2D eigenvalue weighted by molar-refractivity contribution is 6.18. The molecule has 4 nitrogen and oxygen atoms in total. The van der Waals surface area contributed by atoms with E-state index in [2.05, 4.69) is 34.7 Å². The number of allylic oxidation sites excluding steroid dienone is 2. The van der Waals surface area contributed by atoms with E-state index in [4.69, 9.17) is 11.6 Å². The van der Waals surface area contributed by atoms with Gasteiger partial charge in [-0.2, -0.15) is 0 Å². The maximum Gasteiger partial charge on any atom is 0.254 e. The zero-order valence-corrected chi connectivity index (χ0v) is 17.9. The lowest BCUT2D eigenvalue weighted by atomic mass is 9.97. The fourth-order valence-electron chi connectivity index (χ4n) is 3.39. The van der Waals surface area contributed by atoms with Crippen molar-refractivity contribution < 1.29 is 4.79 Å². The summed E-state index contributed by atoms with van der Waals surface area (Å²) >= 11 is 5.81. The second-order valence-electron chi connectivity index (χ2n) is 6.35. The van der Waals surface area contributed by atoms with Crippen LogP contribution in [0.5, 0.6) is 0 Å². The minimum Gasteiger partial charge on any atom is -0.337 e. The zero-order valence-electron chi connectivity index (χ0n) is 17.1. The number of anilines is 1. The van der Waals surface area contributed by atoms with Crippen LogP contribution in [0, 0.1) is 0 Å². The van der Waals surface area contributed by atoms with E-state index >= 15 is 0 Å². The van der Waals surface area contributed by atoms with Gasteiger partial charge in [0.15, 0.2) is 0 Å². The van der Waals surface area contributed by atoms with Gasteiger partial charge < -0.3 is 9.80 Å². The number of benzene rings is 1. The van der Waals surface area contributed by atoms with Gasteiger partial charge in [0.05, 0.1) is 12.9 Å². The van der Waals surface area contributed by atoms with E-state index in [0.717, 1.165) is 41.8 Å². The average Bonchev–Trinajstić information content (AvgIpc) is 2.75. The van der Waals surface area contributed by atoms with Gasteiger partial charge in [0.25, 0.3) is 5.91 Å². The summed E-state index contributed by atoms with van der Waals surface area (Å²) in [7, 11) is 0. The Kier molecular flexibility index (Phi) is 8.52. The first-order valence-electron chi connectivity index (χ1n) is 9.92. The number of alkyl halides is 1. The van der Waals surface area contributed by atoms with Crippen molar-refractivity contribution in [3.63, 3.8) is 0 Å². The summed E-state index contributed by atoms with van der Waals surface area (Å²) in [5.74, 6) is 0.537. The number of carbonyl (C=O) groups excluding carboxylic acids is 1. The van der Waals surface area contributed by atoms with Gasteiger partial charge in [-0.1, -0.05) is 38.7 Å². The fraction of sp³-hybridized carbons (Fsp3) is 0.391. The maximum atomic E-state index is 12.6. The molecule has 0 saturated heterocycles. The van der Waals surface area contributed by atoms with Gasteiger partial charge in [0.2, 0.25) is 0 Å². The van der Waals surface area contributed by atoms with E-state index in [-0.39, 0.29) is 5.91 Å². The molecule has 0 radical (unpaired) electrons. The van der Waals surface area contributed by atoms with E-state index < -0.39 is 0 Å². The predicted octanol–water partition coefficient (Wildman–Crippen LogP) is 5.20. The van der Waals surface area contributed by atoms with Gasteiger partial charge in [0, 0.05) is 42.3 Å². The Morgan fingerprint density at radius 3 is 2.79 bits per heavy atom. The van der Waals surface area contributed by atoms with E-state index in [1.165, 1.54) is 5.70 Å². The van der Waals surface area contributed by atoms with Crippen LogP contribution in [0.15, 0.2) is 59.3 Å². The summed E-state index contributed by atoms with van der Waals surface area (Å²) < 4.78 is 0. The van der Waals surface area contributed by atoms with Crippen LogP contribution in [0.4, 0.5) is 5.69 Å². The van der Waals surface area contributed by atoms with Crippen LogP contribution in [0.25, 0.3) is 0 Å². The van der Waals surface area contributed by atoms with Crippen LogP contribution in [0.3, 0.4) is 0 Å². The molecule has 1 amide bonds. The quantitative estimate of drug-likeness (QED) is 0.486. The summed E-state index contributed by atoms with van der Waals surface area (Å²) in [4.78, 5) is 21.0. The average molecular weight is 400 g/mol. The van der Waals surface area contributed by atoms with Gasteiger partial charge in [0.1, 0.15) is 0 Å². The van der Waals surface area contributed by atoms with Crippen LogP contribution >= 0.6 is 11.6 Å². The smallest absolute Gasteiger partial charge is 0.254 e. The third kappa shape index (κ3) is 4.74. The molecule has 0 spiro atoms. The van der Waals surface area contributed by atoms with Gasteiger partial charge in [-0.25, -0.2) is 0 Å². The largest absolute Gasteiger partial charge is 0.337 e. The van der Waals surface area contributed by atoms with Gasteiger partial charge in [-0.15, -0.1) is 11.6 Å². The van der Waals surface area contributed by atoms with E-state index in [9.17, 15) is 4.79 Å². The van der Waals surface area contributed by atoms with Gasteiger partial charge in [-0.05, 0) is 42.7 Å². The molecule has 0 saturated carbocycles. The number of aliphatic imine (C=N–C) groups is 1. The summed E-state index contributed by atoms with van der Waals surface area (Å²) in [6.45, 7) is 11.9. The Morgan fingerprint density at radius 1 is 1.32 bits per heavy atom. The number of hydrogen-bond donors (Lipinski definition) is 0. The Balaban J connectivity index is 0.00000136. The SMILES string of the molecule is C=CC1=C(C/C=C\C)N(c2ccc3c(c2)CCN(CCCl)C3=O)C=NC1.CC. The topological polar surface area (TPSA) is 35.9 Å². The van der Waals surface area contributed by atoms with Crippen LogP contribution in [0.2, 0.25) is 0 Å². The Bertz CT molecular complexity index is 795. The lowest BCUT2D eigenvalue weighted by Gasteiger charge is -2.31. The molecule has 150 valence electrons. The van der Waals surface area contributed by atoms with Crippen molar-refractivity contribution in [3.8, 4) is 0 Å². The van der Waals surface area contributed by atoms with Crippen molar-refractivity contribution in [2.75, 3.05) is 30.4 Å². The summed E-state index contributed by atoms with van der Waals surface area (Å²) in [6.07, 6.45) is 9.61. The monoisotopic (exact) mass is 399 g/mol. The molecule has 0 bridgehead atoms. The number of fused-ring (bicyclic) bond motifs is 1. The van der Waals surface area contributed by atoms with Gasteiger partial charge >= 0.3 is 0 Å². The first-order chi connectivity index (χ1) is 13.7. The molecule has 0 unspecified atom stereocenters. The highest BCUT2D eigenvalue weighted by Gasteiger charge is 2.25. The first-order valence-corrected chi connectivity index (χ1v) is 10.5. The molecule has 5 heteroatoms. The predicted molar refractivity (Wildman–Crippen MR) is 121 cm³/mol. The summed E-state index contributed by atoms with van der Waals surface area (Å²) in [5, 5.41) is 0. The minimum atomic E-state index is 0.0715. The van der Waals surface area contributed by atoms with Crippen molar-refractivity contribution in [2.24, 2.45) is 4.99 Å². The second kappa shape index (κ2) is 10.9. The molecule has 0 aromatic heterocycles. The summed E-state index contributed by atoms with van der Waals surface area (Å²) in [5.41, 5.74) is 5.21. The molecular weight excluding hydrogens is 370 g/mol. The van der Waals surface area contributed by atoms with Crippen molar-refractivity contribution in [1.29, 1.82) is 0 Å². The fourth-order valence-corrected chi connectivity index (χ4v) is 3.59. The normalized spacial score (nSPS) is 16.2. The molecular formula is C23H30ClN3O. The third-order valence-electron chi connectivity index (χ3n) is 4.80. The zero-order chi connectivity index (χ0) is 20.5. The molecule has 3 rings (SSSR count). The minimum absolute atomic E-state index is 0.0715. The highest BCUT2D eigenvalue weighted by Crippen LogP contribution is 2.30. The number of rotatable bonds is 6. The molecule has 2 aliphatic rings. The molecule has 0 aliphatic carbocycles. The number of nitrogens with zero attached hydrogens (tertiary/aromatic N) is 3. The molecule has 2 heterocycles. The lowest BCUT2D eigenvalue weighted by molar-refractivity contribution is 0.0750. The number of halogens is 1. The lowest BCUT2D eigenvalue weighted by Crippen LogP contribution is -2.39. The second-order valence-corrected chi connectivity index (χ2v) is 6.73. The van der Waals surface area contributed by atoms with Crippen LogP contribution in [-0.2, 0) is 6.42 Å². The van der Waals surface area contributed by atoms with Crippen LogP contribution in [0.1, 0.15) is 43.1 Å². The van der Waals surface area contributed by atoms with Crippen molar-refractivity contribution in [3.05, 3.63) is 65.4 Å². The first kappa shape index (κ1) is 22.0. The number of carbonyl (C=O) groups is 1. The Hall–Kier alpha value is -2.33. The van der Waals surface area contributed by atoms with E-state index in [0.29, 0.717) is 19.0 Å². The van der Waals surface area contributed by atoms with Crippen molar-refractivity contribution in [1.82, 2.24) is 4.90 Å². The molecule has 1 aromatic rings. The van der Waals surface area contributed by atoms with E-state index in [1.807, 2.05) is 50.2 Å². The molecule has 2 aliphatic heterocycles. The molecule has 28 heavy (non-hydrogen) atoms. The molecule has 1 aromatic carbocycles. The maximum absolute atomic E-state index is 12.6. The summed E-state index contributed by atoms with van der Waals surface area (Å²) in [6, 6.07) is 6.03. The van der Waals surface area contributed by atoms with Crippen molar-refractivity contribution in [2.45, 2.75) is 33.6 Å². The van der Waals surface area contributed by atoms with E-state index in [1.54, 1.807) is 0 Å². The molecule has 0 N–H and O–H groups in total. The molecule has 0 fully saturated rings. The van der Waals surface area contributed by atoms with Crippen LogP contribution < -0.4 is 4.90 Å².